The number of nitrogens with one attached hydrogen (secondary N) is 1. The fourth-order valence-corrected chi connectivity index (χ4v) is 3.11. The monoisotopic (exact) mass is 288 g/mol. The molecule has 0 spiro atoms. The molecule has 1 aliphatic heterocycles. The summed E-state index contributed by atoms with van der Waals surface area (Å²) in [4.78, 5) is 14.8. The van der Waals surface area contributed by atoms with Gasteiger partial charge in [0.2, 0.25) is 5.91 Å². The molecule has 116 valence electrons. The maximum absolute atomic E-state index is 12.7. The molecule has 1 heterocycles. The van der Waals surface area contributed by atoms with Gasteiger partial charge in [0.25, 0.3) is 0 Å². The molecule has 0 bridgehead atoms. The highest BCUT2D eigenvalue weighted by molar-refractivity contribution is 5.85. The molecule has 0 aromatic heterocycles. The molecule has 3 unspecified atom stereocenters. The standard InChI is InChI=1S/C18H28N2O/c1-6-8-16-18(21)20(14(5)7-2)17(19-16)15-11-12(3)9-10-13(15)4/h9-11,14,16-17,19H,6-8H2,1-5H3. The number of hydrogen-bond acceptors (Lipinski definition) is 2. The summed E-state index contributed by atoms with van der Waals surface area (Å²) >= 11 is 0. The van der Waals surface area contributed by atoms with Crippen LogP contribution in [0.5, 0.6) is 0 Å². The summed E-state index contributed by atoms with van der Waals surface area (Å²) in [7, 11) is 0. The van der Waals surface area contributed by atoms with E-state index in [1.54, 1.807) is 0 Å². The van der Waals surface area contributed by atoms with E-state index in [1.807, 2.05) is 0 Å². The van der Waals surface area contributed by atoms with Gasteiger partial charge in [-0.1, -0.05) is 44.0 Å². The summed E-state index contributed by atoms with van der Waals surface area (Å²) < 4.78 is 0. The van der Waals surface area contributed by atoms with Crippen LogP contribution in [0.15, 0.2) is 18.2 Å². The number of carbonyl (C=O) groups is 1. The lowest BCUT2D eigenvalue weighted by atomic mass is 10.0. The predicted molar refractivity (Wildman–Crippen MR) is 87.1 cm³/mol. The molecule has 3 heteroatoms. The molecule has 3 atom stereocenters. The first-order valence-electron chi connectivity index (χ1n) is 8.14. The van der Waals surface area contributed by atoms with Crippen molar-refractivity contribution in [1.82, 2.24) is 10.2 Å². The number of amides is 1. The Balaban J connectivity index is 2.39. The Morgan fingerprint density at radius 2 is 2.00 bits per heavy atom. The Morgan fingerprint density at radius 3 is 2.62 bits per heavy atom. The topological polar surface area (TPSA) is 32.3 Å². The van der Waals surface area contributed by atoms with Crippen molar-refractivity contribution in [2.75, 3.05) is 0 Å². The Hall–Kier alpha value is -1.35. The van der Waals surface area contributed by atoms with Gasteiger partial charge in [0.05, 0.1) is 6.04 Å². The molecule has 1 aromatic carbocycles. The Morgan fingerprint density at radius 1 is 1.29 bits per heavy atom. The summed E-state index contributed by atoms with van der Waals surface area (Å²) in [6.07, 6.45) is 2.93. The van der Waals surface area contributed by atoms with Crippen LogP contribution < -0.4 is 5.32 Å². The molecular formula is C18H28N2O. The van der Waals surface area contributed by atoms with Crippen LogP contribution >= 0.6 is 0 Å². The van der Waals surface area contributed by atoms with Crippen LogP contribution in [-0.4, -0.2) is 22.9 Å². The second-order valence-corrected chi connectivity index (χ2v) is 6.27. The van der Waals surface area contributed by atoms with E-state index in [1.165, 1.54) is 16.7 Å². The third kappa shape index (κ3) is 3.13. The Bertz CT molecular complexity index is 512. The van der Waals surface area contributed by atoms with Gasteiger partial charge in [-0.25, -0.2) is 0 Å². The van der Waals surface area contributed by atoms with E-state index in [4.69, 9.17) is 0 Å². The van der Waals surface area contributed by atoms with Crippen molar-refractivity contribution in [3.05, 3.63) is 34.9 Å². The van der Waals surface area contributed by atoms with Crippen molar-refractivity contribution in [1.29, 1.82) is 0 Å². The van der Waals surface area contributed by atoms with Crippen LogP contribution in [0.25, 0.3) is 0 Å². The van der Waals surface area contributed by atoms with Crippen molar-refractivity contribution in [2.45, 2.75) is 72.1 Å². The van der Waals surface area contributed by atoms with Crippen molar-refractivity contribution < 1.29 is 4.79 Å². The van der Waals surface area contributed by atoms with Crippen LogP contribution in [0, 0.1) is 13.8 Å². The van der Waals surface area contributed by atoms with Crippen LogP contribution in [0.1, 0.15) is 62.9 Å². The molecule has 0 radical (unpaired) electrons. The van der Waals surface area contributed by atoms with Crippen LogP contribution in [0.2, 0.25) is 0 Å². The molecule has 1 amide bonds. The molecule has 1 saturated heterocycles. The third-order valence-corrected chi connectivity index (χ3v) is 4.56. The van der Waals surface area contributed by atoms with E-state index in [0.717, 1.165) is 19.3 Å². The predicted octanol–water partition coefficient (Wildman–Crippen LogP) is 3.70. The lowest BCUT2D eigenvalue weighted by molar-refractivity contribution is -0.132. The maximum Gasteiger partial charge on any atom is 0.241 e. The average Bonchev–Trinajstić information content (AvgIpc) is 2.78. The van der Waals surface area contributed by atoms with Gasteiger partial charge >= 0.3 is 0 Å². The first-order valence-corrected chi connectivity index (χ1v) is 8.14. The van der Waals surface area contributed by atoms with Crippen molar-refractivity contribution >= 4 is 5.91 Å². The van der Waals surface area contributed by atoms with E-state index in [9.17, 15) is 4.79 Å². The minimum atomic E-state index is -0.0334. The van der Waals surface area contributed by atoms with Gasteiger partial charge in [0.15, 0.2) is 0 Å². The third-order valence-electron chi connectivity index (χ3n) is 4.56. The van der Waals surface area contributed by atoms with E-state index in [0.29, 0.717) is 0 Å². The molecule has 21 heavy (non-hydrogen) atoms. The maximum atomic E-state index is 12.7. The lowest BCUT2D eigenvalue weighted by Gasteiger charge is -2.31. The van der Waals surface area contributed by atoms with E-state index < -0.39 is 0 Å². The zero-order valence-electron chi connectivity index (χ0n) is 13.9. The van der Waals surface area contributed by atoms with Gasteiger partial charge in [-0.3, -0.25) is 10.1 Å². The quantitative estimate of drug-likeness (QED) is 0.896. The highest BCUT2D eigenvalue weighted by Crippen LogP contribution is 2.32. The minimum Gasteiger partial charge on any atom is -0.319 e. The molecule has 1 aromatic rings. The summed E-state index contributed by atoms with van der Waals surface area (Å²) in [6.45, 7) is 10.7. The minimum absolute atomic E-state index is 0.0175. The molecule has 0 aliphatic carbocycles. The van der Waals surface area contributed by atoms with E-state index >= 15 is 0 Å². The molecular weight excluding hydrogens is 260 g/mol. The molecule has 0 saturated carbocycles. The van der Waals surface area contributed by atoms with Gasteiger partial charge in [-0.15, -0.1) is 0 Å². The highest BCUT2D eigenvalue weighted by Gasteiger charge is 2.41. The van der Waals surface area contributed by atoms with Crippen molar-refractivity contribution in [3.63, 3.8) is 0 Å². The number of carbonyl (C=O) groups excluding carboxylic acids is 1. The Labute approximate surface area is 128 Å². The lowest BCUT2D eigenvalue weighted by Crippen LogP contribution is -2.38. The number of nitrogens with zero attached hydrogens (tertiary/aromatic N) is 1. The first kappa shape index (κ1) is 16.0. The molecule has 1 fully saturated rings. The second kappa shape index (κ2) is 6.61. The summed E-state index contributed by atoms with van der Waals surface area (Å²) in [6, 6.07) is 6.72. The number of rotatable bonds is 5. The molecule has 1 N–H and O–H groups in total. The average molecular weight is 288 g/mol. The zero-order valence-corrected chi connectivity index (χ0v) is 13.9. The van der Waals surface area contributed by atoms with E-state index in [-0.39, 0.29) is 24.2 Å². The summed E-state index contributed by atoms with van der Waals surface area (Å²) in [5, 5.41) is 3.57. The summed E-state index contributed by atoms with van der Waals surface area (Å²) in [5.74, 6) is 0.261. The van der Waals surface area contributed by atoms with E-state index in [2.05, 4.69) is 63.0 Å². The van der Waals surface area contributed by atoms with Crippen molar-refractivity contribution in [3.8, 4) is 0 Å². The Kier molecular flexibility index (Phi) is 5.04. The molecule has 1 aliphatic rings. The normalized spacial score (nSPS) is 23.7. The SMILES string of the molecule is CCCC1NC(c2cc(C)ccc2C)N(C(C)CC)C1=O. The number of benzene rings is 1. The van der Waals surface area contributed by atoms with Gasteiger partial charge in [-0.2, -0.15) is 0 Å². The second-order valence-electron chi connectivity index (χ2n) is 6.27. The fraction of sp³-hybridized carbons (Fsp3) is 0.611. The molecule has 3 nitrogen and oxygen atoms in total. The van der Waals surface area contributed by atoms with Gasteiger partial charge < -0.3 is 4.90 Å². The summed E-state index contributed by atoms with van der Waals surface area (Å²) in [5.41, 5.74) is 3.73. The fourth-order valence-electron chi connectivity index (χ4n) is 3.11. The zero-order chi connectivity index (χ0) is 15.6. The highest BCUT2D eigenvalue weighted by atomic mass is 16.2. The largest absolute Gasteiger partial charge is 0.319 e. The number of aryl methyl sites for hydroxylation is 2. The van der Waals surface area contributed by atoms with Gasteiger partial charge in [-0.05, 0) is 44.7 Å². The van der Waals surface area contributed by atoms with Crippen molar-refractivity contribution in [2.24, 2.45) is 0 Å². The smallest absolute Gasteiger partial charge is 0.241 e. The van der Waals surface area contributed by atoms with Crippen LogP contribution in [0.3, 0.4) is 0 Å². The van der Waals surface area contributed by atoms with Crippen LogP contribution in [0.4, 0.5) is 0 Å². The molecule has 2 rings (SSSR count). The van der Waals surface area contributed by atoms with Gasteiger partial charge in [0.1, 0.15) is 6.17 Å². The van der Waals surface area contributed by atoms with Gasteiger partial charge in [0, 0.05) is 6.04 Å². The number of hydrogen-bond donors (Lipinski definition) is 1. The first-order chi connectivity index (χ1) is 9.99. The van der Waals surface area contributed by atoms with Crippen LogP contribution in [-0.2, 0) is 4.79 Å².